The lowest BCUT2D eigenvalue weighted by molar-refractivity contribution is 0.418. The fourth-order valence-corrected chi connectivity index (χ4v) is 2.37. The fraction of sp³-hybridized carbons (Fsp3) is 0.250. The molecule has 2 unspecified atom stereocenters. The molecule has 5 heteroatoms. The number of phenols is 2. The van der Waals surface area contributed by atoms with Gasteiger partial charge in [-0.1, -0.05) is 12.1 Å². The monoisotopic (exact) mass is 293 g/mol. The number of nitrogens with one attached hydrogen (secondary N) is 1. The van der Waals surface area contributed by atoms with Crippen LogP contribution in [0.3, 0.4) is 0 Å². The summed E-state index contributed by atoms with van der Waals surface area (Å²) in [5, 5.41) is 22.1. The lowest BCUT2D eigenvalue weighted by Gasteiger charge is -2.22. The number of hydrogen-bond donors (Lipinski definition) is 3. The first kappa shape index (κ1) is 15.3. The maximum atomic E-state index is 13.7. The van der Waals surface area contributed by atoms with Crippen LogP contribution in [0.1, 0.15) is 37.1 Å². The molecule has 112 valence electrons. The van der Waals surface area contributed by atoms with Gasteiger partial charge in [0, 0.05) is 29.3 Å². The van der Waals surface area contributed by atoms with Crippen molar-refractivity contribution in [3.8, 4) is 11.5 Å². The molecule has 2 aromatic carbocycles. The van der Waals surface area contributed by atoms with E-state index in [0.29, 0.717) is 5.56 Å². The van der Waals surface area contributed by atoms with E-state index in [0.717, 1.165) is 0 Å². The predicted octanol–water partition coefficient (Wildman–Crippen LogP) is 3.79. The standard InChI is InChI=1S/C16H17F2NO2/c1-9(12-7-6-11(20)8-15(12)21)19-10(2)16-13(17)4-3-5-14(16)18/h3-10,19-21H,1-2H3. The minimum atomic E-state index is -0.614. The SMILES string of the molecule is CC(NC(C)c1c(F)cccc1F)c1ccc(O)cc1O. The van der Waals surface area contributed by atoms with Crippen molar-refractivity contribution in [3.63, 3.8) is 0 Å². The van der Waals surface area contributed by atoms with Gasteiger partial charge in [0.05, 0.1) is 0 Å². The van der Waals surface area contributed by atoms with Gasteiger partial charge < -0.3 is 15.5 Å². The maximum absolute atomic E-state index is 13.7. The summed E-state index contributed by atoms with van der Waals surface area (Å²) in [5.41, 5.74) is 0.499. The zero-order valence-electron chi connectivity index (χ0n) is 11.8. The van der Waals surface area contributed by atoms with E-state index in [1.54, 1.807) is 19.9 Å². The van der Waals surface area contributed by atoms with Crippen LogP contribution in [0, 0.1) is 11.6 Å². The molecule has 0 aliphatic rings. The molecule has 0 radical (unpaired) electrons. The molecule has 0 bridgehead atoms. The molecule has 3 nitrogen and oxygen atoms in total. The van der Waals surface area contributed by atoms with Gasteiger partial charge in [-0.05, 0) is 32.0 Å². The van der Waals surface area contributed by atoms with E-state index in [2.05, 4.69) is 5.32 Å². The normalized spacial score (nSPS) is 13.9. The van der Waals surface area contributed by atoms with Gasteiger partial charge in [-0.15, -0.1) is 0 Å². The van der Waals surface area contributed by atoms with E-state index in [1.807, 2.05) is 0 Å². The number of rotatable bonds is 4. The Balaban J connectivity index is 2.21. The average molecular weight is 293 g/mol. The summed E-state index contributed by atoms with van der Waals surface area (Å²) in [4.78, 5) is 0. The number of aromatic hydroxyl groups is 2. The lowest BCUT2D eigenvalue weighted by atomic mass is 10.0. The molecule has 0 aliphatic heterocycles. The van der Waals surface area contributed by atoms with Crippen LogP contribution in [0.2, 0.25) is 0 Å². The van der Waals surface area contributed by atoms with Gasteiger partial charge in [0.25, 0.3) is 0 Å². The highest BCUT2D eigenvalue weighted by Crippen LogP contribution is 2.30. The van der Waals surface area contributed by atoms with Gasteiger partial charge in [-0.2, -0.15) is 0 Å². The van der Waals surface area contributed by atoms with Gasteiger partial charge in [-0.3, -0.25) is 0 Å². The van der Waals surface area contributed by atoms with Crippen LogP contribution in [0.15, 0.2) is 36.4 Å². The van der Waals surface area contributed by atoms with E-state index in [1.165, 1.54) is 30.3 Å². The molecule has 2 atom stereocenters. The number of benzene rings is 2. The number of hydrogen-bond acceptors (Lipinski definition) is 3. The number of halogens is 2. The maximum Gasteiger partial charge on any atom is 0.130 e. The second-order valence-electron chi connectivity index (χ2n) is 4.99. The lowest BCUT2D eigenvalue weighted by Crippen LogP contribution is -2.24. The van der Waals surface area contributed by atoms with Gasteiger partial charge in [0.15, 0.2) is 0 Å². The van der Waals surface area contributed by atoms with Crippen LogP contribution in [-0.4, -0.2) is 10.2 Å². The van der Waals surface area contributed by atoms with Crippen molar-refractivity contribution < 1.29 is 19.0 Å². The third-order valence-corrected chi connectivity index (χ3v) is 3.41. The van der Waals surface area contributed by atoms with E-state index < -0.39 is 17.7 Å². The molecule has 0 heterocycles. The molecule has 0 aromatic heterocycles. The van der Waals surface area contributed by atoms with Crippen molar-refractivity contribution in [3.05, 3.63) is 59.2 Å². The first-order valence-electron chi connectivity index (χ1n) is 6.62. The molecule has 2 rings (SSSR count). The summed E-state index contributed by atoms with van der Waals surface area (Å²) >= 11 is 0. The summed E-state index contributed by atoms with van der Waals surface area (Å²) < 4.78 is 27.4. The highest BCUT2D eigenvalue weighted by molar-refractivity contribution is 5.40. The van der Waals surface area contributed by atoms with Crippen LogP contribution < -0.4 is 5.32 Å². The first-order valence-corrected chi connectivity index (χ1v) is 6.62. The van der Waals surface area contributed by atoms with Gasteiger partial charge >= 0.3 is 0 Å². The van der Waals surface area contributed by atoms with Crippen molar-refractivity contribution in [2.75, 3.05) is 0 Å². The van der Waals surface area contributed by atoms with Gasteiger partial charge in [0.1, 0.15) is 23.1 Å². The van der Waals surface area contributed by atoms with Crippen LogP contribution in [0.5, 0.6) is 11.5 Å². The molecule has 0 amide bonds. The molecule has 0 fully saturated rings. The summed E-state index contributed by atoms with van der Waals surface area (Å²) in [6.45, 7) is 3.41. The predicted molar refractivity (Wildman–Crippen MR) is 76.1 cm³/mol. The van der Waals surface area contributed by atoms with Crippen LogP contribution in [0.4, 0.5) is 8.78 Å². The minimum Gasteiger partial charge on any atom is -0.508 e. The number of phenolic OH excluding ortho intramolecular Hbond substituents is 2. The quantitative estimate of drug-likeness (QED) is 0.804. The summed E-state index contributed by atoms with van der Waals surface area (Å²) in [5.74, 6) is -1.35. The molecule has 2 aromatic rings. The minimum absolute atomic E-state index is 0.0392. The zero-order chi connectivity index (χ0) is 15.6. The Morgan fingerprint density at radius 1 is 0.952 bits per heavy atom. The Labute approximate surface area is 121 Å². The van der Waals surface area contributed by atoms with Crippen LogP contribution in [-0.2, 0) is 0 Å². The molecule has 0 spiro atoms. The van der Waals surface area contributed by atoms with Crippen molar-refractivity contribution in [2.45, 2.75) is 25.9 Å². The second kappa shape index (κ2) is 6.10. The molecule has 0 saturated carbocycles. The third-order valence-electron chi connectivity index (χ3n) is 3.41. The molecule has 3 N–H and O–H groups in total. The van der Waals surface area contributed by atoms with E-state index in [4.69, 9.17) is 0 Å². The van der Waals surface area contributed by atoms with Crippen molar-refractivity contribution in [2.24, 2.45) is 0 Å². The summed E-state index contributed by atoms with van der Waals surface area (Å²) in [7, 11) is 0. The molecule has 0 aliphatic carbocycles. The Morgan fingerprint density at radius 3 is 2.14 bits per heavy atom. The third kappa shape index (κ3) is 3.31. The van der Waals surface area contributed by atoms with Crippen LogP contribution >= 0.6 is 0 Å². The van der Waals surface area contributed by atoms with E-state index >= 15 is 0 Å². The van der Waals surface area contributed by atoms with Gasteiger partial charge in [-0.25, -0.2) is 8.78 Å². The smallest absolute Gasteiger partial charge is 0.130 e. The van der Waals surface area contributed by atoms with Gasteiger partial charge in [0.2, 0.25) is 0 Å². The Bertz CT molecular complexity index is 626. The topological polar surface area (TPSA) is 52.5 Å². The fourth-order valence-electron chi connectivity index (χ4n) is 2.37. The van der Waals surface area contributed by atoms with Crippen molar-refractivity contribution >= 4 is 0 Å². The Hall–Kier alpha value is -2.14. The van der Waals surface area contributed by atoms with Crippen molar-refractivity contribution in [1.29, 1.82) is 0 Å². The van der Waals surface area contributed by atoms with Crippen LogP contribution in [0.25, 0.3) is 0 Å². The molecule has 0 saturated heterocycles. The zero-order valence-corrected chi connectivity index (χ0v) is 11.8. The average Bonchev–Trinajstić information content (AvgIpc) is 2.37. The molecular formula is C16H17F2NO2. The van der Waals surface area contributed by atoms with Crippen molar-refractivity contribution in [1.82, 2.24) is 5.32 Å². The Kier molecular flexibility index (Phi) is 4.43. The second-order valence-corrected chi connectivity index (χ2v) is 4.99. The van der Waals surface area contributed by atoms with E-state index in [9.17, 15) is 19.0 Å². The largest absolute Gasteiger partial charge is 0.508 e. The summed E-state index contributed by atoms with van der Waals surface area (Å²) in [6.07, 6.45) is 0. The molecular weight excluding hydrogens is 276 g/mol. The Morgan fingerprint density at radius 2 is 1.57 bits per heavy atom. The highest BCUT2D eigenvalue weighted by Gasteiger charge is 2.19. The first-order chi connectivity index (χ1) is 9.90. The molecule has 21 heavy (non-hydrogen) atoms. The summed E-state index contributed by atoms with van der Waals surface area (Å²) in [6, 6.07) is 7.04. The van der Waals surface area contributed by atoms with E-state index in [-0.39, 0.29) is 23.1 Å². The highest BCUT2D eigenvalue weighted by atomic mass is 19.1.